The Labute approximate surface area is 234 Å². The number of aromatic nitrogens is 2. The number of nitrogens with two attached hydrogens (primary N) is 1. The maximum absolute atomic E-state index is 16.1. The summed E-state index contributed by atoms with van der Waals surface area (Å²) in [7, 11) is 0. The molecule has 8 nitrogen and oxygen atoms in total. The van der Waals surface area contributed by atoms with Gasteiger partial charge in [-0.1, -0.05) is 12.1 Å². The van der Waals surface area contributed by atoms with Gasteiger partial charge in [-0.2, -0.15) is 0 Å². The van der Waals surface area contributed by atoms with Crippen LogP contribution in [0.15, 0.2) is 66.9 Å². The summed E-state index contributed by atoms with van der Waals surface area (Å²) in [4.78, 5) is 8.04. The van der Waals surface area contributed by atoms with Crippen LogP contribution in [-0.4, -0.2) is 34.6 Å². The molecular formula is C31H36FN5O3. The largest absolute Gasteiger partial charge is 0.494 e. The van der Waals surface area contributed by atoms with E-state index in [1.54, 1.807) is 42.6 Å². The summed E-state index contributed by atoms with van der Waals surface area (Å²) in [6, 6.07) is 17.2. The van der Waals surface area contributed by atoms with Crippen LogP contribution in [0.1, 0.15) is 57.6 Å². The number of hydrogen-bond acceptors (Lipinski definition) is 6. The van der Waals surface area contributed by atoms with Crippen LogP contribution in [0.5, 0.6) is 17.2 Å². The van der Waals surface area contributed by atoms with Gasteiger partial charge in [-0.3, -0.25) is 5.41 Å². The summed E-state index contributed by atoms with van der Waals surface area (Å²) < 4.78 is 33.7. The lowest BCUT2D eigenvalue weighted by atomic mass is 10.0. The Morgan fingerprint density at radius 3 is 2.33 bits per heavy atom. The van der Waals surface area contributed by atoms with Crippen LogP contribution >= 0.6 is 0 Å². The van der Waals surface area contributed by atoms with Gasteiger partial charge < -0.3 is 30.2 Å². The molecule has 0 aliphatic carbocycles. The van der Waals surface area contributed by atoms with Crippen LogP contribution in [0.4, 0.5) is 10.1 Å². The zero-order valence-corrected chi connectivity index (χ0v) is 23.4. The molecule has 4 aromatic rings. The predicted molar refractivity (Wildman–Crippen MR) is 156 cm³/mol. The number of hydrogen-bond donors (Lipinski definition) is 4. The average Bonchev–Trinajstić information content (AvgIpc) is 3.39. The van der Waals surface area contributed by atoms with Crippen molar-refractivity contribution in [1.29, 1.82) is 5.41 Å². The second kappa shape index (κ2) is 12.5. The fourth-order valence-electron chi connectivity index (χ4n) is 4.27. The number of nitrogen functional groups attached to an aromatic ring is 1. The summed E-state index contributed by atoms with van der Waals surface area (Å²) in [5, 5.41) is 11.1. The standard InChI is InChI=1S/C31H36FN5O3/c1-6-38-22-15-24(28(32)27(16-22)40-19(4)5)29(36-21-13-11-20(12-14-21)30(33)34)31-35-17-25(37-31)23-9-7-8-10-26(23)39-18(2)3/h7-19,29,36H,6H2,1-5H3,(H3,33,34)(H,35,37). The first-order valence-corrected chi connectivity index (χ1v) is 13.3. The van der Waals surface area contributed by atoms with Gasteiger partial charge in [0.15, 0.2) is 11.6 Å². The molecule has 0 amide bonds. The van der Waals surface area contributed by atoms with Crippen molar-refractivity contribution >= 4 is 11.5 Å². The first-order valence-electron chi connectivity index (χ1n) is 13.3. The maximum atomic E-state index is 16.1. The first kappa shape index (κ1) is 28.5. The number of imidazole rings is 1. The highest BCUT2D eigenvalue weighted by Gasteiger charge is 2.26. The van der Waals surface area contributed by atoms with Gasteiger partial charge in [0, 0.05) is 28.4 Å². The van der Waals surface area contributed by atoms with Gasteiger partial charge >= 0.3 is 0 Å². The molecule has 4 rings (SSSR count). The first-order chi connectivity index (χ1) is 19.2. The number of nitrogens with one attached hydrogen (secondary N) is 3. The molecule has 5 N–H and O–H groups in total. The zero-order valence-electron chi connectivity index (χ0n) is 23.4. The molecule has 1 heterocycles. The zero-order chi connectivity index (χ0) is 28.8. The lowest BCUT2D eigenvalue weighted by Crippen LogP contribution is -2.18. The summed E-state index contributed by atoms with van der Waals surface area (Å²) in [5.41, 5.74) is 8.76. The third-order valence-corrected chi connectivity index (χ3v) is 5.94. The van der Waals surface area contributed by atoms with E-state index in [-0.39, 0.29) is 23.8 Å². The fraction of sp³-hybridized carbons (Fsp3) is 0.290. The number of rotatable bonds is 12. The SMILES string of the molecule is CCOc1cc(OC(C)C)c(F)c(C(Nc2ccc(C(=N)N)cc2)c2ncc(-c3ccccc3OC(C)C)[nH]2)c1. The maximum Gasteiger partial charge on any atom is 0.171 e. The van der Waals surface area contributed by atoms with E-state index in [1.807, 2.05) is 58.9 Å². The van der Waals surface area contributed by atoms with E-state index in [4.69, 9.17) is 25.4 Å². The van der Waals surface area contributed by atoms with Crippen molar-refractivity contribution in [3.05, 3.63) is 89.6 Å². The molecule has 40 heavy (non-hydrogen) atoms. The molecule has 1 atom stereocenters. The highest BCUT2D eigenvalue weighted by Crippen LogP contribution is 2.37. The third kappa shape index (κ3) is 6.72. The predicted octanol–water partition coefficient (Wildman–Crippen LogP) is 6.67. The Kier molecular flexibility index (Phi) is 8.93. The topological polar surface area (TPSA) is 118 Å². The van der Waals surface area contributed by atoms with Crippen molar-refractivity contribution in [3.8, 4) is 28.5 Å². The van der Waals surface area contributed by atoms with Crippen LogP contribution in [0.3, 0.4) is 0 Å². The molecule has 0 radical (unpaired) electrons. The lowest BCUT2D eigenvalue weighted by Gasteiger charge is -2.22. The number of amidine groups is 1. The summed E-state index contributed by atoms with van der Waals surface area (Å²) in [6.45, 7) is 9.90. The van der Waals surface area contributed by atoms with E-state index >= 15 is 4.39 Å². The quantitative estimate of drug-likeness (QED) is 0.117. The van der Waals surface area contributed by atoms with Crippen LogP contribution in [-0.2, 0) is 0 Å². The van der Waals surface area contributed by atoms with Gasteiger partial charge in [0.25, 0.3) is 0 Å². The number of para-hydroxylation sites is 1. The van der Waals surface area contributed by atoms with Gasteiger partial charge in [0.2, 0.25) is 0 Å². The average molecular weight is 546 g/mol. The van der Waals surface area contributed by atoms with E-state index in [1.165, 1.54) is 0 Å². The molecule has 0 fully saturated rings. The minimum atomic E-state index is -0.745. The highest BCUT2D eigenvalue weighted by molar-refractivity contribution is 5.95. The summed E-state index contributed by atoms with van der Waals surface area (Å²) >= 11 is 0. The minimum absolute atomic E-state index is 0.00860. The molecule has 1 unspecified atom stereocenters. The van der Waals surface area contributed by atoms with Crippen molar-refractivity contribution in [2.24, 2.45) is 5.73 Å². The Morgan fingerprint density at radius 2 is 1.68 bits per heavy atom. The van der Waals surface area contributed by atoms with Crippen molar-refractivity contribution < 1.29 is 18.6 Å². The van der Waals surface area contributed by atoms with Crippen LogP contribution in [0, 0.1) is 11.2 Å². The summed E-state index contributed by atoms with van der Waals surface area (Å²) in [5.74, 6) is 1.22. The fourth-order valence-corrected chi connectivity index (χ4v) is 4.27. The minimum Gasteiger partial charge on any atom is -0.494 e. The van der Waals surface area contributed by atoms with Crippen molar-refractivity contribution in [1.82, 2.24) is 9.97 Å². The molecule has 0 aliphatic rings. The molecule has 0 saturated heterocycles. The monoisotopic (exact) mass is 545 g/mol. The van der Waals surface area contributed by atoms with Gasteiger partial charge in [-0.15, -0.1) is 0 Å². The Balaban J connectivity index is 1.83. The number of H-pyrrole nitrogens is 1. The second-order valence-corrected chi connectivity index (χ2v) is 9.84. The van der Waals surface area contributed by atoms with Gasteiger partial charge in [0.05, 0.1) is 30.7 Å². The second-order valence-electron chi connectivity index (χ2n) is 9.84. The smallest absolute Gasteiger partial charge is 0.171 e. The summed E-state index contributed by atoms with van der Waals surface area (Å²) in [6.07, 6.45) is 1.46. The van der Waals surface area contributed by atoms with Crippen LogP contribution in [0.25, 0.3) is 11.3 Å². The Bertz CT molecular complexity index is 1450. The third-order valence-electron chi connectivity index (χ3n) is 5.94. The molecule has 0 bridgehead atoms. The molecule has 3 aromatic carbocycles. The van der Waals surface area contributed by atoms with E-state index in [2.05, 4.69) is 15.3 Å². The van der Waals surface area contributed by atoms with Crippen molar-refractivity contribution in [3.63, 3.8) is 0 Å². The van der Waals surface area contributed by atoms with Crippen molar-refractivity contribution in [2.75, 3.05) is 11.9 Å². The van der Waals surface area contributed by atoms with Gasteiger partial charge in [-0.25, -0.2) is 9.37 Å². The molecule has 0 aliphatic heterocycles. The van der Waals surface area contributed by atoms with E-state index in [9.17, 15) is 0 Å². The highest BCUT2D eigenvalue weighted by atomic mass is 19.1. The number of nitrogens with zero attached hydrogens (tertiary/aromatic N) is 1. The molecule has 210 valence electrons. The molecular weight excluding hydrogens is 509 g/mol. The number of anilines is 1. The number of halogens is 1. The van der Waals surface area contributed by atoms with Crippen LogP contribution < -0.4 is 25.3 Å². The Morgan fingerprint density at radius 1 is 1.00 bits per heavy atom. The number of aromatic amines is 1. The molecule has 0 saturated carbocycles. The van der Waals surface area contributed by atoms with Crippen LogP contribution in [0.2, 0.25) is 0 Å². The number of ether oxygens (including phenoxy) is 3. The van der Waals surface area contributed by atoms with Gasteiger partial charge in [0.1, 0.15) is 29.2 Å². The molecule has 0 spiro atoms. The Hall–Kier alpha value is -4.53. The van der Waals surface area contributed by atoms with E-state index in [0.29, 0.717) is 40.7 Å². The molecule has 9 heteroatoms. The normalized spacial score (nSPS) is 11.9. The van der Waals surface area contributed by atoms with E-state index < -0.39 is 11.9 Å². The van der Waals surface area contributed by atoms with Gasteiger partial charge in [-0.05, 0) is 77.1 Å². The van der Waals surface area contributed by atoms with Crippen molar-refractivity contribution in [2.45, 2.75) is 52.9 Å². The molecule has 1 aromatic heterocycles. The lowest BCUT2D eigenvalue weighted by molar-refractivity contribution is 0.228. The van der Waals surface area contributed by atoms with E-state index in [0.717, 1.165) is 11.3 Å². The number of benzene rings is 3.